The van der Waals surface area contributed by atoms with Crippen molar-refractivity contribution in [1.29, 1.82) is 0 Å². The van der Waals surface area contributed by atoms with Gasteiger partial charge < -0.3 is 8.98 Å². The Labute approximate surface area is 333 Å². The van der Waals surface area contributed by atoms with Gasteiger partial charge in [0.1, 0.15) is 11.2 Å². The van der Waals surface area contributed by atoms with Gasteiger partial charge in [-0.25, -0.2) is 15.0 Å². The summed E-state index contributed by atoms with van der Waals surface area (Å²) in [7, 11) is 0. The number of nitrogens with zero attached hydrogens (tertiary/aromatic N) is 4. The zero-order valence-electron chi connectivity index (χ0n) is 31.2. The minimum atomic E-state index is 0.590. The fraction of sp³-hybridized carbons (Fsp3) is 0. The van der Waals surface area contributed by atoms with Crippen molar-refractivity contribution in [3.8, 4) is 51.0 Å². The molecule has 0 N–H and O–H groups in total. The highest BCUT2D eigenvalue weighted by atomic mass is 16.3. The van der Waals surface area contributed by atoms with E-state index in [-0.39, 0.29) is 0 Å². The first-order chi connectivity index (χ1) is 28.7. The highest BCUT2D eigenvalue weighted by molar-refractivity contribution is 6.24. The van der Waals surface area contributed by atoms with Gasteiger partial charge in [-0.15, -0.1) is 0 Å². The Morgan fingerprint density at radius 2 is 0.948 bits per heavy atom. The quantitative estimate of drug-likeness (QED) is 0.176. The molecule has 270 valence electrons. The van der Waals surface area contributed by atoms with Gasteiger partial charge in [0.2, 0.25) is 0 Å². The van der Waals surface area contributed by atoms with Crippen molar-refractivity contribution in [3.05, 3.63) is 194 Å². The van der Waals surface area contributed by atoms with Crippen molar-refractivity contribution in [3.63, 3.8) is 0 Å². The summed E-state index contributed by atoms with van der Waals surface area (Å²) in [6, 6.07) is 68.1. The van der Waals surface area contributed by atoms with Gasteiger partial charge in [0, 0.05) is 49.9 Å². The van der Waals surface area contributed by atoms with Crippen molar-refractivity contribution < 1.29 is 4.42 Å². The molecule has 0 aliphatic rings. The lowest BCUT2D eigenvalue weighted by molar-refractivity contribution is 0.668. The summed E-state index contributed by atoms with van der Waals surface area (Å²) in [6.45, 7) is 0. The summed E-state index contributed by atoms with van der Waals surface area (Å²) in [4.78, 5) is 15.2. The van der Waals surface area contributed by atoms with Crippen LogP contribution in [0, 0.1) is 0 Å². The number of rotatable bonds is 5. The molecule has 0 amide bonds. The normalized spacial score (nSPS) is 11.8. The number of aromatic nitrogens is 4. The summed E-state index contributed by atoms with van der Waals surface area (Å²) in [5.41, 5.74) is 9.83. The molecule has 12 rings (SSSR count). The zero-order chi connectivity index (χ0) is 38.2. The van der Waals surface area contributed by atoms with Crippen LogP contribution in [0.5, 0.6) is 0 Å². The Morgan fingerprint density at radius 1 is 0.345 bits per heavy atom. The Bertz CT molecular complexity index is 3500. The Morgan fingerprint density at radius 3 is 1.66 bits per heavy atom. The van der Waals surface area contributed by atoms with Crippen LogP contribution in [0.25, 0.3) is 116 Å². The molecule has 0 radical (unpaired) electrons. The van der Waals surface area contributed by atoms with Crippen LogP contribution in [-0.4, -0.2) is 19.5 Å². The molecule has 0 fully saturated rings. The van der Waals surface area contributed by atoms with Crippen LogP contribution in [0.15, 0.2) is 199 Å². The van der Waals surface area contributed by atoms with Crippen LogP contribution < -0.4 is 0 Å². The molecule has 5 nitrogen and oxygen atoms in total. The second-order valence-corrected chi connectivity index (χ2v) is 14.8. The van der Waals surface area contributed by atoms with E-state index in [4.69, 9.17) is 19.4 Å². The summed E-state index contributed by atoms with van der Waals surface area (Å²) in [5.74, 6) is 1.83. The van der Waals surface area contributed by atoms with Crippen LogP contribution in [0.2, 0.25) is 0 Å². The fourth-order valence-corrected chi connectivity index (χ4v) is 8.74. The Balaban J connectivity index is 1.17. The molecule has 3 heterocycles. The molecule has 0 bridgehead atoms. The molecular formula is C53H32N4O. The van der Waals surface area contributed by atoms with Crippen LogP contribution in [0.4, 0.5) is 0 Å². The second-order valence-electron chi connectivity index (χ2n) is 14.8. The maximum absolute atomic E-state index is 6.85. The van der Waals surface area contributed by atoms with E-state index in [1.54, 1.807) is 0 Å². The monoisotopic (exact) mass is 740 g/mol. The minimum absolute atomic E-state index is 0.590. The van der Waals surface area contributed by atoms with E-state index < -0.39 is 0 Å². The summed E-state index contributed by atoms with van der Waals surface area (Å²) < 4.78 is 9.29. The summed E-state index contributed by atoms with van der Waals surface area (Å²) in [5, 5.41) is 9.28. The van der Waals surface area contributed by atoms with Gasteiger partial charge in [-0.2, -0.15) is 0 Å². The first-order valence-electron chi connectivity index (χ1n) is 19.5. The number of benzene rings is 9. The van der Waals surface area contributed by atoms with Crippen LogP contribution in [0.3, 0.4) is 0 Å². The largest absolute Gasteiger partial charge is 0.456 e. The zero-order valence-corrected chi connectivity index (χ0v) is 31.2. The molecule has 0 atom stereocenters. The maximum Gasteiger partial charge on any atom is 0.164 e. The summed E-state index contributed by atoms with van der Waals surface area (Å²) in [6.07, 6.45) is 0. The van der Waals surface area contributed by atoms with E-state index in [2.05, 4.69) is 126 Å². The second kappa shape index (κ2) is 12.8. The predicted molar refractivity (Wildman–Crippen MR) is 238 cm³/mol. The smallest absolute Gasteiger partial charge is 0.164 e. The van der Waals surface area contributed by atoms with Crippen molar-refractivity contribution >= 4 is 65.3 Å². The van der Waals surface area contributed by atoms with Gasteiger partial charge in [-0.3, -0.25) is 0 Å². The summed E-state index contributed by atoms with van der Waals surface area (Å²) >= 11 is 0. The van der Waals surface area contributed by atoms with Crippen molar-refractivity contribution in [2.45, 2.75) is 0 Å². The van der Waals surface area contributed by atoms with Crippen LogP contribution in [-0.2, 0) is 0 Å². The number of hydrogen-bond donors (Lipinski definition) is 0. The third-order valence-corrected chi connectivity index (χ3v) is 11.4. The van der Waals surface area contributed by atoms with E-state index in [1.807, 2.05) is 72.8 Å². The third-order valence-electron chi connectivity index (χ3n) is 11.4. The number of fused-ring (bicyclic) bond motifs is 9. The molecule has 0 saturated heterocycles. The average molecular weight is 741 g/mol. The fourth-order valence-electron chi connectivity index (χ4n) is 8.74. The Hall–Kier alpha value is -7.89. The molecule has 0 aliphatic heterocycles. The van der Waals surface area contributed by atoms with Gasteiger partial charge in [0.15, 0.2) is 17.5 Å². The number of furan rings is 1. The molecule has 0 aliphatic carbocycles. The average Bonchev–Trinajstić information content (AvgIpc) is 3.83. The van der Waals surface area contributed by atoms with Gasteiger partial charge in [0.25, 0.3) is 0 Å². The van der Waals surface area contributed by atoms with Crippen LogP contribution in [0.1, 0.15) is 0 Å². The number of hydrogen-bond acceptors (Lipinski definition) is 4. The molecule has 3 aromatic heterocycles. The Kier molecular flexibility index (Phi) is 7.16. The molecule has 0 spiro atoms. The van der Waals surface area contributed by atoms with Crippen LogP contribution >= 0.6 is 0 Å². The molecule has 58 heavy (non-hydrogen) atoms. The lowest BCUT2D eigenvalue weighted by Crippen LogP contribution is -2.00. The minimum Gasteiger partial charge on any atom is -0.456 e. The van der Waals surface area contributed by atoms with Gasteiger partial charge in [0.05, 0.1) is 16.7 Å². The lowest BCUT2D eigenvalue weighted by atomic mass is 9.98. The van der Waals surface area contributed by atoms with Crippen molar-refractivity contribution in [1.82, 2.24) is 19.5 Å². The van der Waals surface area contributed by atoms with E-state index in [0.717, 1.165) is 66.5 Å². The molecule has 5 heteroatoms. The van der Waals surface area contributed by atoms with E-state index >= 15 is 0 Å². The molecule has 0 unspecified atom stereocenters. The van der Waals surface area contributed by atoms with Crippen molar-refractivity contribution in [2.75, 3.05) is 0 Å². The SMILES string of the molecule is c1ccc(-c2nc(-c3ccccc3)nc(-c3cccc4oc5cc(-n6c7cc8ccccc8cc7c7c8ccccc8ccc76)c(-c6ccccc6)cc5c34)n2)cc1. The molecule has 9 aromatic carbocycles. The van der Waals surface area contributed by atoms with E-state index in [0.29, 0.717) is 17.5 Å². The third kappa shape index (κ3) is 5.07. The molecule has 0 saturated carbocycles. The standard InChI is InChI=1S/C53H32N4O/c1-4-15-33(16-5-1)41-31-43-48(32-46(41)57-44-28-27-34-17-12-13-24-39(34)49(44)42-29-37-22-10-11-23-38(37)30-45(42)57)58-47-26-14-25-40(50(43)47)53-55-51(35-18-6-2-7-19-35)54-52(56-53)36-20-8-3-9-21-36/h1-32H. The topological polar surface area (TPSA) is 56.7 Å². The van der Waals surface area contributed by atoms with Gasteiger partial charge in [-0.1, -0.05) is 158 Å². The first kappa shape index (κ1) is 32.4. The predicted octanol–water partition coefficient (Wildman–Crippen LogP) is 13.8. The maximum atomic E-state index is 6.85. The molecule has 12 aromatic rings. The highest BCUT2D eigenvalue weighted by Gasteiger charge is 2.23. The van der Waals surface area contributed by atoms with Gasteiger partial charge in [-0.05, 0) is 57.4 Å². The van der Waals surface area contributed by atoms with E-state index in [1.165, 1.54) is 32.3 Å². The van der Waals surface area contributed by atoms with E-state index in [9.17, 15) is 0 Å². The lowest BCUT2D eigenvalue weighted by Gasteiger charge is -2.15. The first-order valence-corrected chi connectivity index (χ1v) is 19.5. The molecular weight excluding hydrogens is 709 g/mol. The van der Waals surface area contributed by atoms with Gasteiger partial charge >= 0.3 is 0 Å². The van der Waals surface area contributed by atoms with Crippen molar-refractivity contribution in [2.24, 2.45) is 0 Å². The highest BCUT2D eigenvalue weighted by Crippen LogP contribution is 2.44.